The molecule has 0 spiro atoms. The number of benzene rings is 1. The van der Waals surface area contributed by atoms with Gasteiger partial charge in [0.15, 0.2) is 0 Å². The van der Waals surface area contributed by atoms with E-state index in [2.05, 4.69) is 4.72 Å². The molecule has 5 nitrogen and oxygen atoms in total. The highest BCUT2D eigenvalue weighted by Crippen LogP contribution is 2.17. The first-order chi connectivity index (χ1) is 9.87. The standard InChI is InChI=1S/C13H12FNO4S2/c14-12-4-3-9(8-11(12)13(16)17)15-21(18,19)7-5-10-2-1-6-20-10/h1-4,6,8,15H,5,7H2,(H,16,17). The summed E-state index contributed by atoms with van der Waals surface area (Å²) in [6.07, 6.45) is 0.361. The number of aromatic carboxylic acids is 1. The molecular formula is C13H12FNO4S2. The Morgan fingerprint density at radius 1 is 1.33 bits per heavy atom. The number of carboxylic acids is 1. The van der Waals surface area contributed by atoms with Gasteiger partial charge >= 0.3 is 5.97 Å². The van der Waals surface area contributed by atoms with Crippen LogP contribution < -0.4 is 4.72 Å². The summed E-state index contributed by atoms with van der Waals surface area (Å²) in [7, 11) is -3.62. The fraction of sp³-hybridized carbons (Fsp3) is 0.154. The molecular weight excluding hydrogens is 317 g/mol. The zero-order valence-electron chi connectivity index (χ0n) is 10.7. The third kappa shape index (κ3) is 4.27. The summed E-state index contributed by atoms with van der Waals surface area (Å²) in [5, 5.41) is 10.7. The first-order valence-electron chi connectivity index (χ1n) is 5.93. The van der Waals surface area contributed by atoms with E-state index in [-0.39, 0.29) is 11.4 Å². The van der Waals surface area contributed by atoms with E-state index in [9.17, 15) is 17.6 Å². The number of halogens is 1. The Labute approximate surface area is 125 Å². The van der Waals surface area contributed by atoms with Crippen molar-refractivity contribution in [1.29, 1.82) is 0 Å². The van der Waals surface area contributed by atoms with Gasteiger partial charge in [-0.3, -0.25) is 4.72 Å². The number of sulfonamides is 1. The quantitative estimate of drug-likeness (QED) is 0.853. The smallest absolute Gasteiger partial charge is 0.338 e. The summed E-state index contributed by atoms with van der Waals surface area (Å²) in [6.45, 7) is 0. The Kier molecular flexibility index (Phi) is 4.59. The van der Waals surface area contributed by atoms with E-state index in [1.807, 2.05) is 17.5 Å². The van der Waals surface area contributed by atoms with Gasteiger partial charge in [-0.1, -0.05) is 6.07 Å². The molecule has 1 heterocycles. The summed E-state index contributed by atoms with van der Waals surface area (Å²) in [5.74, 6) is -2.50. The lowest BCUT2D eigenvalue weighted by atomic mass is 10.2. The zero-order valence-corrected chi connectivity index (χ0v) is 12.4. The highest BCUT2D eigenvalue weighted by Gasteiger charge is 2.15. The summed E-state index contributed by atoms with van der Waals surface area (Å²) >= 11 is 1.46. The van der Waals surface area contributed by atoms with Crippen molar-refractivity contribution in [1.82, 2.24) is 0 Å². The van der Waals surface area contributed by atoms with Gasteiger partial charge in [-0.05, 0) is 36.1 Å². The second kappa shape index (κ2) is 6.23. The van der Waals surface area contributed by atoms with Gasteiger partial charge in [0.2, 0.25) is 10.0 Å². The van der Waals surface area contributed by atoms with Crippen LogP contribution in [0.1, 0.15) is 15.2 Å². The van der Waals surface area contributed by atoms with Crippen LogP contribution in [0.3, 0.4) is 0 Å². The molecule has 0 unspecified atom stereocenters. The molecule has 1 aromatic heterocycles. The molecule has 2 rings (SSSR count). The van der Waals surface area contributed by atoms with E-state index >= 15 is 0 Å². The molecule has 0 aliphatic rings. The normalized spacial score (nSPS) is 11.3. The second-order valence-electron chi connectivity index (χ2n) is 4.25. The fourth-order valence-electron chi connectivity index (χ4n) is 1.67. The Morgan fingerprint density at radius 3 is 2.71 bits per heavy atom. The van der Waals surface area contributed by atoms with Crippen LogP contribution in [0, 0.1) is 5.82 Å². The average molecular weight is 329 g/mol. The van der Waals surface area contributed by atoms with Crippen molar-refractivity contribution in [3.63, 3.8) is 0 Å². The monoisotopic (exact) mass is 329 g/mol. The number of hydrogen-bond acceptors (Lipinski definition) is 4. The van der Waals surface area contributed by atoms with Gasteiger partial charge in [0, 0.05) is 10.6 Å². The van der Waals surface area contributed by atoms with Crippen LogP contribution in [0.4, 0.5) is 10.1 Å². The topological polar surface area (TPSA) is 83.5 Å². The molecule has 1 aromatic carbocycles. The first kappa shape index (κ1) is 15.5. The van der Waals surface area contributed by atoms with E-state index in [4.69, 9.17) is 5.11 Å². The molecule has 0 saturated heterocycles. The fourth-order valence-corrected chi connectivity index (χ4v) is 3.59. The summed E-state index contributed by atoms with van der Waals surface area (Å²) in [4.78, 5) is 11.7. The number of thiophene rings is 1. The maximum Gasteiger partial charge on any atom is 0.338 e. The molecule has 8 heteroatoms. The molecule has 0 fully saturated rings. The van der Waals surface area contributed by atoms with Crippen molar-refractivity contribution in [3.05, 3.63) is 52.0 Å². The first-order valence-corrected chi connectivity index (χ1v) is 8.46. The van der Waals surface area contributed by atoms with Crippen molar-refractivity contribution in [2.24, 2.45) is 0 Å². The van der Waals surface area contributed by atoms with E-state index in [1.165, 1.54) is 17.4 Å². The number of carboxylic acid groups (broad SMARTS) is 1. The van der Waals surface area contributed by atoms with Crippen molar-refractivity contribution >= 4 is 33.0 Å². The molecule has 21 heavy (non-hydrogen) atoms. The van der Waals surface area contributed by atoms with E-state index in [0.29, 0.717) is 6.42 Å². The van der Waals surface area contributed by atoms with Gasteiger partial charge in [-0.25, -0.2) is 17.6 Å². The predicted molar refractivity (Wildman–Crippen MR) is 78.8 cm³/mol. The van der Waals surface area contributed by atoms with Crippen molar-refractivity contribution < 1.29 is 22.7 Å². The van der Waals surface area contributed by atoms with Gasteiger partial charge in [-0.2, -0.15) is 0 Å². The Bertz CT molecular complexity index is 742. The number of aryl methyl sites for hydroxylation is 1. The largest absolute Gasteiger partial charge is 0.478 e. The van der Waals surface area contributed by atoms with Crippen LogP contribution in [-0.4, -0.2) is 25.2 Å². The minimum Gasteiger partial charge on any atom is -0.478 e. The van der Waals surface area contributed by atoms with E-state index in [0.717, 1.165) is 17.0 Å². The number of nitrogens with one attached hydrogen (secondary N) is 1. The van der Waals surface area contributed by atoms with E-state index < -0.39 is 27.4 Å². The van der Waals surface area contributed by atoms with Crippen molar-refractivity contribution in [2.75, 3.05) is 10.5 Å². The zero-order chi connectivity index (χ0) is 15.5. The molecule has 0 aliphatic heterocycles. The van der Waals surface area contributed by atoms with E-state index in [1.54, 1.807) is 0 Å². The second-order valence-corrected chi connectivity index (χ2v) is 7.12. The van der Waals surface area contributed by atoms with Crippen molar-refractivity contribution in [3.8, 4) is 0 Å². The highest BCUT2D eigenvalue weighted by molar-refractivity contribution is 7.92. The lowest BCUT2D eigenvalue weighted by molar-refractivity contribution is 0.0692. The summed E-state index contributed by atoms with van der Waals surface area (Å²) in [5.41, 5.74) is -0.548. The third-order valence-corrected chi connectivity index (χ3v) is 4.89. The Hall–Kier alpha value is -1.93. The maximum atomic E-state index is 13.2. The number of anilines is 1. The molecule has 0 aliphatic carbocycles. The summed E-state index contributed by atoms with van der Waals surface area (Å²) < 4.78 is 39.3. The average Bonchev–Trinajstić information content (AvgIpc) is 2.91. The number of rotatable bonds is 6. The highest BCUT2D eigenvalue weighted by atomic mass is 32.2. The van der Waals surface area contributed by atoms with Gasteiger partial charge < -0.3 is 5.11 Å². The SMILES string of the molecule is O=C(O)c1cc(NS(=O)(=O)CCc2cccs2)ccc1F. The Morgan fingerprint density at radius 2 is 2.10 bits per heavy atom. The lowest BCUT2D eigenvalue weighted by Crippen LogP contribution is -2.18. The van der Waals surface area contributed by atoms with Crippen LogP contribution in [0.15, 0.2) is 35.7 Å². The van der Waals surface area contributed by atoms with Gasteiger partial charge in [0.25, 0.3) is 0 Å². The summed E-state index contributed by atoms with van der Waals surface area (Å²) in [6, 6.07) is 6.73. The molecule has 112 valence electrons. The number of carbonyl (C=O) groups is 1. The maximum absolute atomic E-state index is 13.2. The molecule has 2 aromatic rings. The molecule has 2 N–H and O–H groups in total. The molecule has 0 bridgehead atoms. The third-order valence-electron chi connectivity index (χ3n) is 2.67. The number of hydrogen-bond donors (Lipinski definition) is 2. The van der Waals surface area contributed by atoms with Gasteiger partial charge in [0.05, 0.1) is 11.3 Å². The van der Waals surface area contributed by atoms with Crippen LogP contribution in [0.2, 0.25) is 0 Å². The van der Waals surface area contributed by atoms with Gasteiger partial charge in [0.1, 0.15) is 5.82 Å². The van der Waals surface area contributed by atoms with Crippen LogP contribution in [0.5, 0.6) is 0 Å². The lowest BCUT2D eigenvalue weighted by Gasteiger charge is -2.08. The molecule has 0 saturated carbocycles. The van der Waals surface area contributed by atoms with Crippen LogP contribution >= 0.6 is 11.3 Å². The van der Waals surface area contributed by atoms with Crippen LogP contribution in [-0.2, 0) is 16.4 Å². The predicted octanol–water partition coefficient (Wildman–Crippen LogP) is 2.57. The van der Waals surface area contributed by atoms with Gasteiger partial charge in [-0.15, -0.1) is 11.3 Å². The minimum absolute atomic E-state index is 0.0278. The molecule has 0 amide bonds. The van der Waals surface area contributed by atoms with Crippen molar-refractivity contribution in [2.45, 2.75) is 6.42 Å². The molecule has 0 radical (unpaired) electrons. The Balaban J connectivity index is 2.09. The van der Waals surface area contributed by atoms with Crippen LogP contribution in [0.25, 0.3) is 0 Å². The molecule has 0 atom stereocenters. The minimum atomic E-state index is -3.62.